The number of rotatable bonds is 3. The number of hydrogen-bond acceptors (Lipinski definition) is 6. The summed E-state index contributed by atoms with van der Waals surface area (Å²) in [5.41, 5.74) is 2.27. The second-order valence-electron chi connectivity index (χ2n) is 6.44. The van der Waals surface area contributed by atoms with E-state index in [1.54, 1.807) is 24.9 Å². The summed E-state index contributed by atoms with van der Waals surface area (Å²) < 4.78 is 16.9. The molecule has 134 valence electrons. The molecule has 3 heterocycles. The maximum Gasteiger partial charge on any atom is 0.258 e. The lowest BCUT2D eigenvalue weighted by molar-refractivity contribution is 0.0522. The van der Waals surface area contributed by atoms with E-state index in [9.17, 15) is 4.79 Å². The third-order valence-corrected chi connectivity index (χ3v) is 4.37. The number of aryl methyl sites for hydroxylation is 2. The second kappa shape index (κ2) is 6.33. The summed E-state index contributed by atoms with van der Waals surface area (Å²) in [7, 11) is 1.75. The summed E-state index contributed by atoms with van der Waals surface area (Å²) >= 11 is 0. The van der Waals surface area contributed by atoms with Crippen molar-refractivity contribution in [2.45, 2.75) is 20.0 Å². The lowest BCUT2D eigenvalue weighted by Crippen LogP contribution is -2.41. The number of hydrogen-bond donors (Lipinski definition) is 0. The molecule has 1 unspecified atom stereocenters. The van der Waals surface area contributed by atoms with Crippen LogP contribution in [0.1, 0.15) is 21.7 Å². The van der Waals surface area contributed by atoms with Gasteiger partial charge in [-0.25, -0.2) is 4.98 Å². The predicted octanol–water partition coefficient (Wildman–Crippen LogP) is 2.75. The first-order valence-electron chi connectivity index (χ1n) is 8.40. The van der Waals surface area contributed by atoms with E-state index in [4.69, 9.17) is 14.0 Å². The van der Waals surface area contributed by atoms with Crippen LogP contribution in [0.5, 0.6) is 11.5 Å². The van der Waals surface area contributed by atoms with Crippen molar-refractivity contribution in [2.75, 3.05) is 20.2 Å². The molecule has 0 aliphatic carbocycles. The molecule has 0 radical (unpaired) electrons. The molecule has 3 aromatic rings. The Morgan fingerprint density at radius 3 is 2.85 bits per heavy atom. The van der Waals surface area contributed by atoms with Gasteiger partial charge in [-0.15, -0.1) is 0 Å². The number of ether oxygens (including phenoxy) is 2. The fourth-order valence-electron chi connectivity index (χ4n) is 3.13. The monoisotopic (exact) mass is 353 g/mol. The number of aromatic nitrogens is 2. The number of carbonyl (C=O) groups is 1. The van der Waals surface area contributed by atoms with E-state index in [0.29, 0.717) is 47.0 Å². The van der Waals surface area contributed by atoms with Gasteiger partial charge < -0.3 is 18.9 Å². The van der Waals surface area contributed by atoms with Crippen LogP contribution in [0.4, 0.5) is 0 Å². The summed E-state index contributed by atoms with van der Waals surface area (Å²) in [5, 5.41) is 4.58. The van der Waals surface area contributed by atoms with Crippen LogP contribution in [-0.2, 0) is 0 Å². The van der Waals surface area contributed by atoms with Gasteiger partial charge in [0.2, 0.25) is 0 Å². The summed E-state index contributed by atoms with van der Waals surface area (Å²) in [6.07, 6.45) is -0.235. The SMILES string of the molecule is Cc1cc(C(=O)N(C)CC2COc3ccccc3O2)c2c(C)noc2n1. The fraction of sp³-hybridized carbons (Fsp3) is 0.316. The van der Waals surface area contributed by atoms with Gasteiger partial charge in [-0.2, -0.15) is 0 Å². The van der Waals surface area contributed by atoms with Gasteiger partial charge in [0.15, 0.2) is 17.6 Å². The van der Waals surface area contributed by atoms with Crippen molar-refractivity contribution in [1.82, 2.24) is 15.0 Å². The Balaban J connectivity index is 1.55. The molecule has 4 rings (SSSR count). The average Bonchev–Trinajstić information content (AvgIpc) is 3.01. The van der Waals surface area contributed by atoms with Crippen molar-refractivity contribution in [2.24, 2.45) is 0 Å². The van der Waals surface area contributed by atoms with E-state index in [1.165, 1.54) is 0 Å². The van der Waals surface area contributed by atoms with Gasteiger partial charge >= 0.3 is 0 Å². The molecule has 1 atom stereocenters. The molecule has 0 spiro atoms. The van der Waals surface area contributed by atoms with E-state index in [0.717, 1.165) is 5.75 Å². The number of para-hydroxylation sites is 2. The molecule has 0 bridgehead atoms. The highest BCUT2D eigenvalue weighted by atomic mass is 16.6. The van der Waals surface area contributed by atoms with E-state index in [-0.39, 0.29) is 12.0 Å². The zero-order valence-corrected chi connectivity index (χ0v) is 14.9. The Hall–Kier alpha value is -3.09. The first kappa shape index (κ1) is 16.4. The smallest absolute Gasteiger partial charge is 0.258 e. The second-order valence-corrected chi connectivity index (χ2v) is 6.44. The summed E-state index contributed by atoms with van der Waals surface area (Å²) in [5.74, 6) is 1.29. The van der Waals surface area contributed by atoms with E-state index in [1.807, 2.05) is 31.2 Å². The number of pyridine rings is 1. The highest BCUT2D eigenvalue weighted by Crippen LogP contribution is 2.31. The normalized spacial score (nSPS) is 15.9. The van der Waals surface area contributed by atoms with Crippen LogP contribution in [-0.4, -0.2) is 47.3 Å². The third kappa shape index (κ3) is 2.85. The average molecular weight is 353 g/mol. The maximum absolute atomic E-state index is 13.0. The minimum absolute atomic E-state index is 0.130. The van der Waals surface area contributed by atoms with Crippen LogP contribution in [0.25, 0.3) is 11.1 Å². The third-order valence-electron chi connectivity index (χ3n) is 4.37. The van der Waals surface area contributed by atoms with Crippen molar-refractivity contribution in [3.63, 3.8) is 0 Å². The van der Waals surface area contributed by atoms with Gasteiger partial charge in [0.1, 0.15) is 6.61 Å². The molecule has 1 aromatic carbocycles. The van der Waals surface area contributed by atoms with Crippen LogP contribution >= 0.6 is 0 Å². The number of nitrogens with zero attached hydrogens (tertiary/aromatic N) is 3. The highest BCUT2D eigenvalue weighted by Gasteiger charge is 2.26. The van der Waals surface area contributed by atoms with Crippen LogP contribution in [0.15, 0.2) is 34.9 Å². The van der Waals surface area contributed by atoms with Crippen LogP contribution in [0.3, 0.4) is 0 Å². The Morgan fingerprint density at radius 2 is 2.04 bits per heavy atom. The van der Waals surface area contributed by atoms with Crippen LogP contribution in [0, 0.1) is 13.8 Å². The first-order valence-corrected chi connectivity index (χ1v) is 8.40. The standard InChI is InChI=1S/C19H19N3O4/c1-11-8-14(17-12(2)21-26-18(17)20-11)19(23)22(3)9-13-10-24-15-6-4-5-7-16(15)25-13/h4-8,13H,9-10H2,1-3H3. The summed E-state index contributed by atoms with van der Waals surface area (Å²) in [6.45, 7) is 4.42. The minimum Gasteiger partial charge on any atom is -0.486 e. The summed E-state index contributed by atoms with van der Waals surface area (Å²) in [6, 6.07) is 9.28. The Morgan fingerprint density at radius 1 is 1.27 bits per heavy atom. The highest BCUT2D eigenvalue weighted by molar-refractivity contribution is 6.05. The molecule has 0 fully saturated rings. The molecule has 26 heavy (non-hydrogen) atoms. The van der Waals surface area contributed by atoms with Gasteiger partial charge in [-0.1, -0.05) is 17.3 Å². The zero-order chi connectivity index (χ0) is 18.3. The Bertz CT molecular complexity index is 982. The van der Waals surface area contributed by atoms with Crippen molar-refractivity contribution in [3.05, 3.63) is 47.3 Å². The molecule has 1 amide bonds. The molecular weight excluding hydrogens is 334 g/mol. The molecule has 2 aromatic heterocycles. The van der Waals surface area contributed by atoms with Gasteiger partial charge in [-0.05, 0) is 32.0 Å². The van der Waals surface area contributed by atoms with E-state index < -0.39 is 0 Å². The topological polar surface area (TPSA) is 77.7 Å². The number of likely N-dealkylation sites (N-methyl/N-ethyl adjacent to an activating group) is 1. The number of amides is 1. The zero-order valence-electron chi connectivity index (χ0n) is 14.9. The Labute approximate surface area is 150 Å². The molecule has 7 heteroatoms. The molecule has 0 saturated carbocycles. The Kier molecular flexibility index (Phi) is 3.99. The largest absolute Gasteiger partial charge is 0.486 e. The summed E-state index contributed by atoms with van der Waals surface area (Å²) in [4.78, 5) is 18.9. The number of fused-ring (bicyclic) bond motifs is 2. The fourth-order valence-corrected chi connectivity index (χ4v) is 3.13. The van der Waals surface area contributed by atoms with E-state index in [2.05, 4.69) is 10.1 Å². The van der Waals surface area contributed by atoms with E-state index >= 15 is 0 Å². The van der Waals surface area contributed by atoms with Crippen molar-refractivity contribution < 1.29 is 18.8 Å². The lowest BCUT2D eigenvalue weighted by atomic mass is 10.1. The number of benzene rings is 1. The molecule has 0 N–H and O–H groups in total. The maximum atomic E-state index is 13.0. The van der Waals surface area contributed by atoms with Crippen LogP contribution < -0.4 is 9.47 Å². The number of carbonyl (C=O) groups excluding carboxylic acids is 1. The molecular formula is C19H19N3O4. The quantitative estimate of drug-likeness (QED) is 0.720. The molecule has 1 aliphatic heterocycles. The predicted molar refractivity (Wildman–Crippen MR) is 94.6 cm³/mol. The van der Waals surface area contributed by atoms with Crippen molar-refractivity contribution >= 4 is 17.0 Å². The van der Waals surface area contributed by atoms with Gasteiger partial charge in [0.25, 0.3) is 11.6 Å². The lowest BCUT2D eigenvalue weighted by Gasteiger charge is -2.29. The van der Waals surface area contributed by atoms with Crippen molar-refractivity contribution in [3.8, 4) is 11.5 Å². The minimum atomic E-state index is -0.235. The molecule has 7 nitrogen and oxygen atoms in total. The van der Waals surface area contributed by atoms with Crippen molar-refractivity contribution in [1.29, 1.82) is 0 Å². The van der Waals surface area contributed by atoms with Crippen LogP contribution in [0.2, 0.25) is 0 Å². The first-order chi connectivity index (χ1) is 12.5. The molecule has 0 saturated heterocycles. The van der Waals surface area contributed by atoms with Gasteiger partial charge in [0.05, 0.1) is 23.2 Å². The van der Waals surface area contributed by atoms with Gasteiger partial charge in [-0.3, -0.25) is 4.79 Å². The molecule has 1 aliphatic rings. The van der Waals surface area contributed by atoms with Gasteiger partial charge in [0, 0.05) is 12.7 Å².